The second-order valence-corrected chi connectivity index (χ2v) is 5.67. The summed E-state index contributed by atoms with van der Waals surface area (Å²) in [6.07, 6.45) is -0.150. The van der Waals surface area contributed by atoms with Crippen molar-refractivity contribution in [3.63, 3.8) is 0 Å². The van der Waals surface area contributed by atoms with Gasteiger partial charge in [0.05, 0.1) is 12.1 Å². The summed E-state index contributed by atoms with van der Waals surface area (Å²) in [6.45, 7) is 8.15. The lowest BCUT2D eigenvalue weighted by Crippen LogP contribution is -2.44. The summed E-state index contributed by atoms with van der Waals surface area (Å²) in [4.78, 5) is 0. The minimum atomic E-state index is -0.264. The Morgan fingerprint density at radius 1 is 1.33 bits per heavy atom. The first-order chi connectivity index (χ1) is 8.31. The van der Waals surface area contributed by atoms with Gasteiger partial charge in [0.15, 0.2) is 0 Å². The molecule has 0 aromatic heterocycles. The van der Waals surface area contributed by atoms with Crippen LogP contribution in [-0.2, 0) is 4.74 Å². The molecule has 4 heteroatoms. The van der Waals surface area contributed by atoms with Crippen molar-refractivity contribution < 1.29 is 9.13 Å². The fourth-order valence-electron chi connectivity index (χ4n) is 2.28. The lowest BCUT2D eigenvalue weighted by Gasteiger charge is -2.36. The highest BCUT2D eigenvalue weighted by Gasteiger charge is 2.33. The van der Waals surface area contributed by atoms with Crippen molar-refractivity contribution in [1.82, 2.24) is 5.43 Å². The van der Waals surface area contributed by atoms with Crippen molar-refractivity contribution in [1.29, 1.82) is 0 Å². The molecule has 18 heavy (non-hydrogen) atoms. The standard InChI is InChI=1S/C14H23FN2O/c1-9-6-7-10(15)8-11(9)12(17-16)13(18-5)14(2,3)4/h6-8,12-13,17H,16H2,1-5H3. The molecule has 0 bridgehead atoms. The van der Waals surface area contributed by atoms with Gasteiger partial charge in [0.2, 0.25) is 0 Å². The predicted molar refractivity (Wildman–Crippen MR) is 71.5 cm³/mol. The Kier molecular flexibility index (Phi) is 4.85. The van der Waals surface area contributed by atoms with Crippen LogP contribution in [0.15, 0.2) is 18.2 Å². The minimum Gasteiger partial charge on any atom is -0.379 e. The third-order valence-electron chi connectivity index (χ3n) is 3.17. The molecule has 1 rings (SSSR count). The number of halogens is 1. The Morgan fingerprint density at radius 3 is 2.39 bits per heavy atom. The van der Waals surface area contributed by atoms with Gasteiger partial charge in [-0.05, 0) is 35.6 Å². The maximum atomic E-state index is 13.4. The highest BCUT2D eigenvalue weighted by Crippen LogP contribution is 2.33. The molecule has 1 aromatic rings. The number of hydrogen-bond donors (Lipinski definition) is 2. The molecule has 0 aliphatic heterocycles. The Labute approximate surface area is 108 Å². The molecule has 3 nitrogen and oxygen atoms in total. The van der Waals surface area contributed by atoms with E-state index in [1.54, 1.807) is 13.2 Å². The van der Waals surface area contributed by atoms with Gasteiger partial charge in [-0.2, -0.15) is 0 Å². The number of methoxy groups -OCH3 is 1. The molecule has 1 aromatic carbocycles. The molecule has 0 fully saturated rings. The monoisotopic (exact) mass is 254 g/mol. The van der Waals surface area contributed by atoms with E-state index < -0.39 is 0 Å². The predicted octanol–water partition coefficient (Wildman–Crippen LogP) is 2.70. The number of hydrogen-bond acceptors (Lipinski definition) is 3. The van der Waals surface area contributed by atoms with Crippen LogP contribution in [-0.4, -0.2) is 13.2 Å². The fourth-order valence-corrected chi connectivity index (χ4v) is 2.28. The van der Waals surface area contributed by atoms with E-state index in [0.29, 0.717) is 0 Å². The maximum absolute atomic E-state index is 13.4. The highest BCUT2D eigenvalue weighted by atomic mass is 19.1. The average Bonchev–Trinajstić information content (AvgIpc) is 2.27. The summed E-state index contributed by atoms with van der Waals surface area (Å²) in [7, 11) is 1.65. The number of nitrogens with one attached hydrogen (secondary N) is 1. The Hall–Kier alpha value is -0.970. The second kappa shape index (κ2) is 5.78. The van der Waals surface area contributed by atoms with Crippen LogP contribution in [0.5, 0.6) is 0 Å². The lowest BCUT2D eigenvalue weighted by molar-refractivity contribution is -0.0122. The summed E-state index contributed by atoms with van der Waals surface area (Å²) in [5, 5.41) is 0. The Bertz CT molecular complexity index is 401. The first-order valence-corrected chi connectivity index (χ1v) is 6.06. The van der Waals surface area contributed by atoms with Gasteiger partial charge in [0.1, 0.15) is 5.82 Å². The molecule has 3 N–H and O–H groups in total. The van der Waals surface area contributed by atoms with Crippen LogP contribution in [0, 0.1) is 18.2 Å². The van der Waals surface area contributed by atoms with Gasteiger partial charge in [-0.3, -0.25) is 11.3 Å². The molecule has 0 amide bonds. The highest BCUT2D eigenvalue weighted by molar-refractivity contribution is 5.30. The maximum Gasteiger partial charge on any atom is 0.123 e. The van der Waals surface area contributed by atoms with Crippen molar-refractivity contribution in [2.75, 3.05) is 7.11 Å². The van der Waals surface area contributed by atoms with E-state index in [2.05, 4.69) is 26.2 Å². The molecule has 102 valence electrons. The van der Waals surface area contributed by atoms with Gasteiger partial charge in [-0.25, -0.2) is 4.39 Å². The van der Waals surface area contributed by atoms with Crippen LogP contribution in [0.4, 0.5) is 4.39 Å². The first-order valence-electron chi connectivity index (χ1n) is 6.06. The number of benzene rings is 1. The van der Waals surface area contributed by atoms with Crippen LogP contribution < -0.4 is 11.3 Å². The quantitative estimate of drug-likeness (QED) is 0.641. The van der Waals surface area contributed by atoms with Crippen molar-refractivity contribution in [3.8, 4) is 0 Å². The molecular formula is C14H23FN2O. The topological polar surface area (TPSA) is 47.3 Å². The van der Waals surface area contributed by atoms with Crippen LogP contribution in [0.3, 0.4) is 0 Å². The Balaban J connectivity index is 3.19. The normalized spacial score (nSPS) is 15.5. The molecular weight excluding hydrogens is 231 g/mol. The zero-order chi connectivity index (χ0) is 13.9. The second-order valence-electron chi connectivity index (χ2n) is 5.67. The molecule has 0 aliphatic rings. The van der Waals surface area contributed by atoms with Crippen molar-refractivity contribution >= 4 is 0 Å². The molecule has 0 aliphatic carbocycles. The van der Waals surface area contributed by atoms with E-state index in [-0.39, 0.29) is 23.4 Å². The third kappa shape index (κ3) is 3.28. The van der Waals surface area contributed by atoms with E-state index in [1.165, 1.54) is 12.1 Å². The van der Waals surface area contributed by atoms with Crippen molar-refractivity contribution in [3.05, 3.63) is 35.1 Å². The first kappa shape index (κ1) is 15.1. The zero-order valence-corrected chi connectivity index (χ0v) is 11.8. The molecule has 0 heterocycles. The van der Waals surface area contributed by atoms with Gasteiger partial charge < -0.3 is 4.74 Å². The van der Waals surface area contributed by atoms with Crippen molar-refractivity contribution in [2.45, 2.75) is 39.8 Å². The number of nitrogens with two attached hydrogens (primary N) is 1. The van der Waals surface area contributed by atoms with Gasteiger partial charge in [0.25, 0.3) is 0 Å². The van der Waals surface area contributed by atoms with Gasteiger partial charge in [0, 0.05) is 7.11 Å². The molecule has 2 unspecified atom stereocenters. The summed E-state index contributed by atoms with van der Waals surface area (Å²) in [5.74, 6) is 5.38. The van der Waals surface area contributed by atoms with E-state index >= 15 is 0 Å². The summed E-state index contributed by atoms with van der Waals surface area (Å²) in [5.41, 5.74) is 4.47. The minimum absolute atomic E-state index is 0.107. The summed E-state index contributed by atoms with van der Waals surface area (Å²) < 4.78 is 19.0. The number of aryl methyl sites for hydroxylation is 1. The van der Waals surface area contributed by atoms with E-state index in [0.717, 1.165) is 11.1 Å². The molecule has 0 saturated carbocycles. The van der Waals surface area contributed by atoms with E-state index in [9.17, 15) is 4.39 Å². The molecule has 0 saturated heterocycles. The number of rotatable bonds is 4. The average molecular weight is 254 g/mol. The smallest absolute Gasteiger partial charge is 0.123 e. The van der Waals surface area contributed by atoms with Crippen LogP contribution in [0.1, 0.15) is 37.9 Å². The van der Waals surface area contributed by atoms with Gasteiger partial charge >= 0.3 is 0 Å². The number of hydrazine groups is 1. The van der Waals surface area contributed by atoms with Crippen molar-refractivity contribution in [2.24, 2.45) is 11.3 Å². The molecule has 0 spiro atoms. The summed E-state index contributed by atoms with van der Waals surface area (Å²) in [6, 6.07) is 4.47. The van der Waals surface area contributed by atoms with Crippen LogP contribution in [0.2, 0.25) is 0 Å². The van der Waals surface area contributed by atoms with Crippen LogP contribution >= 0.6 is 0 Å². The van der Waals surface area contributed by atoms with Gasteiger partial charge in [-0.1, -0.05) is 26.8 Å². The van der Waals surface area contributed by atoms with Gasteiger partial charge in [-0.15, -0.1) is 0 Å². The van der Waals surface area contributed by atoms with Crippen LogP contribution in [0.25, 0.3) is 0 Å². The largest absolute Gasteiger partial charge is 0.379 e. The Morgan fingerprint density at radius 2 is 1.94 bits per heavy atom. The third-order valence-corrected chi connectivity index (χ3v) is 3.17. The molecule has 2 atom stereocenters. The van der Waals surface area contributed by atoms with E-state index in [1.807, 2.05) is 6.92 Å². The lowest BCUT2D eigenvalue weighted by atomic mass is 9.81. The molecule has 0 radical (unpaired) electrons. The fraction of sp³-hybridized carbons (Fsp3) is 0.571. The zero-order valence-electron chi connectivity index (χ0n) is 11.8. The SMILES string of the molecule is COC(C(NN)c1cc(F)ccc1C)C(C)(C)C. The van der Waals surface area contributed by atoms with E-state index in [4.69, 9.17) is 10.6 Å². The summed E-state index contributed by atoms with van der Waals surface area (Å²) >= 11 is 0. The number of ether oxygens (including phenoxy) is 1.